The Hall–Kier alpha value is -2.07. The summed E-state index contributed by atoms with van der Waals surface area (Å²) in [7, 11) is 0. The summed E-state index contributed by atoms with van der Waals surface area (Å²) >= 11 is 7.17. The van der Waals surface area contributed by atoms with E-state index in [2.05, 4.69) is 141 Å². The second-order valence-electron chi connectivity index (χ2n) is 10.4. The molecule has 0 unspecified atom stereocenters. The van der Waals surface area contributed by atoms with Crippen molar-refractivity contribution in [3.8, 4) is 22.3 Å². The topological polar surface area (TPSA) is 0 Å². The van der Waals surface area contributed by atoms with E-state index in [-0.39, 0.29) is 46.1 Å². The van der Waals surface area contributed by atoms with Gasteiger partial charge in [-0.2, -0.15) is 12.1 Å². The van der Waals surface area contributed by atoms with Crippen molar-refractivity contribution < 1.29 is 25.8 Å². The molecule has 0 amide bonds. The van der Waals surface area contributed by atoms with Gasteiger partial charge in [0.05, 0.1) is 0 Å². The molecule has 0 nitrogen and oxygen atoms in total. The number of fused-ring (bicyclic) bond motifs is 2. The number of hydrogen-bond acceptors (Lipinski definition) is 0. The number of hydrogen-bond donors (Lipinski definition) is 0. The second kappa shape index (κ2) is 12.4. The Morgan fingerprint density at radius 3 is 1.35 bits per heavy atom. The first-order valence-corrected chi connectivity index (χ1v) is 14.6. The van der Waals surface area contributed by atoms with E-state index < -0.39 is 0 Å². The molecule has 0 N–H and O–H groups in total. The third-order valence-electron chi connectivity index (χ3n) is 8.37. The summed E-state index contributed by atoms with van der Waals surface area (Å²) in [4.78, 5) is 0. The molecule has 0 saturated heterocycles. The fourth-order valence-electron chi connectivity index (χ4n) is 6.51. The van der Waals surface area contributed by atoms with E-state index in [0.717, 1.165) is 8.95 Å². The fourth-order valence-corrected chi connectivity index (χ4v) is 7.04. The third-order valence-corrected chi connectivity index (χ3v) is 9.43. The molecule has 1 aliphatic rings. The Kier molecular flexibility index (Phi) is 9.60. The zero-order valence-corrected chi connectivity index (χ0v) is 29.7. The molecule has 198 valence electrons. The first-order valence-electron chi connectivity index (χ1n) is 13.0. The average molecular weight is 815 g/mol. The van der Waals surface area contributed by atoms with Crippen LogP contribution in [0.3, 0.4) is 0 Å². The number of halogens is 2. The molecule has 40 heavy (non-hydrogen) atoms. The normalized spacial score (nSPS) is 13.9. The zero-order chi connectivity index (χ0) is 25.0. The van der Waals surface area contributed by atoms with E-state index in [1.54, 1.807) is 0 Å². The van der Waals surface area contributed by atoms with Gasteiger partial charge in [0.2, 0.25) is 0 Å². The minimum atomic E-state index is 0. The predicted octanol–water partition coefficient (Wildman–Crippen LogP) is 12.0. The first kappa shape index (κ1) is 30.9. The van der Waals surface area contributed by atoms with Gasteiger partial charge in [-0.3, -0.25) is 0 Å². The summed E-state index contributed by atoms with van der Waals surface area (Å²) in [5.74, 6) is 0. The van der Waals surface area contributed by atoms with Gasteiger partial charge in [0.25, 0.3) is 0 Å². The number of rotatable bonds is 4. The van der Waals surface area contributed by atoms with Crippen molar-refractivity contribution in [1.82, 2.24) is 0 Å². The molecule has 1 saturated carbocycles. The zero-order valence-electron chi connectivity index (χ0n) is 23.0. The van der Waals surface area contributed by atoms with Crippen molar-refractivity contribution in [3.05, 3.63) is 144 Å². The molecule has 6 aromatic rings. The fraction of sp³-hybridized carbons (Fsp3) is 0.135. The molecule has 1 aliphatic carbocycles. The molecule has 0 aliphatic heterocycles. The van der Waals surface area contributed by atoms with Gasteiger partial charge >= 0.3 is 25.8 Å². The van der Waals surface area contributed by atoms with Gasteiger partial charge in [-0.05, 0) is 53.6 Å². The van der Waals surface area contributed by atoms with Gasteiger partial charge in [-0.25, -0.2) is 0 Å². The maximum atomic E-state index is 3.58. The van der Waals surface area contributed by atoms with Gasteiger partial charge in [-0.1, -0.05) is 92.2 Å². The molecular weight excluding hydrogens is 783 g/mol. The third kappa shape index (κ3) is 5.30. The Morgan fingerprint density at radius 1 is 0.550 bits per heavy atom. The smallest absolute Gasteiger partial charge is 0.358 e. The van der Waals surface area contributed by atoms with E-state index in [4.69, 9.17) is 0 Å². The minimum absolute atomic E-state index is 0. The average Bonchev–Trinajstić information content (AvgIpc) is 3.67. The summed E-state index contributed by atoms with van der Waals surface area (Å²) < 4.78 is 2.23. The maximum Gasteiger partial charge on any atom is 4.00 e. The molecule has 0 bridgehead atoms. The van der Waals surface area contributed by atoms with Gasteiger partial charge in [0, 0.05) is 8.95 Å². The van der Waals surface area contributed by atoms with E-state index >= 15 is 0 Å². The van der Waals surface area contributed by atoms with Crippen LogP contribution in [-0.2, 0) is 31.3 Å². The summed E-state index contributed by atoms with van der Waals surface area (Å²) in [6.07, 6.45) is 4.98. The van der Waals surface area contributed by atoms with Crippen LogP contribution in [0, 0.1) is 14.9 Å². The molecule has 0 spiro atoms. The summed E-state index contributed by atoms with van der Waals surface area (Å²) in [6, 6.07) is 40.8. The maximum absolute atomic E-state index is 3.58. The van der Waals surface area contributed by atoms with Crippen LogP contribution in [0.15, 0.2) is 118 Å². The molecule has 1 fully saturated rings. The summed E-state index contributed by atoms with van der Waals surface area (Å²) in [6.45, 7) is 0. The molecule has 3 heteroatoms. The Bertz CT molecular complexity index is 1600. The van der Waals surface area contributed by atoms with Crippen LogP contribution in [0.2, 0.25) is 0 Å². The van der Waals surface area contributed by atoms with Crippen LogP contribution in [0.4, 0.5) is 0 Å². The van der Waals surface area contributed by atoms with Crippen LogP contribution in [-0.4, -0.2) is 0 Å². The van der Waals surface area contributed by atoms with Crippen molar-refractivity contribution >= 4 is 53.4 Å². The van der Waals surface area contributed by atoms with Crippen LogP contribution in [0.25, 0.3) is 43.8 Å². The summed E-state index contributed by atoms with van der Waals surface area (Å²) in [5.41, 5.74) is 8.19. The van der Waals surface area contributed by atoms with Gasteiger partial charge in [0.1, 0.15) is 0 Å². The molecule has 7 rings (SSSR count). The van der Waals surface area contributed by atoms with Gasteiger partial charge < -0.3 is 14.9 Å². The largest absolute Gasteiger partial charge is 4.00 e. The van der Waals surface area contributed by atoms with E-state index in [9.17, 15) is 0 Å². The van der Waals surface area contributed by atoms with Crippen LogP contribution in [0.5, 0.6) is 0 Å². The van der Waals surface area contributed by atoms with E-state index in [1.165, 1.54) is 80.6 Å². The Labute approximate surface area is 274 Å². The van der Waals surface area contributed by atoms with Crippen molar-refractivity contribution in [2.45, 2.75) is 31.1 Å². The monoisotopic (exact) mass is 814 g/mol. The first-order chi connectivity index (χ1) is 18.1. The van der Waals surface area contributed by atoms with Crippen molar-refractivity contribution in [2.24, 2.45) is 0 Å². The quantitative estimate of drug-likeness (QED) is 0.123. The van der Waals surface area contributed by atoms with Crippen molar-refractivity contribution in [2.75, 3.05) is 0 Å². The van der Waals surface area contributed by atoms with Gasteiger partial charge in [-0.15, -0.1) is 69.1 Å². The molecule has 0 radical (unpaired) electrons. The summed E-state index contributed by atoms with van der Waals surface area (Å²) in [5, 5.41) is 5.40. The van der Waals surface area contributed by atoms with E-state index in [0.29, 0.717) is 0 Å². The van der Waals surface area contributed by atoms with Crippen LogP contribution >= 0.6 is 31.9 Å². The molecular formula is C37H32Br2Hf. The van der Waals surface area contributed by atoms with Crippen LogP contribution < -0.4 is 0 Å². The minimum Gasteiger partial charge on any atom is -0.358 e. The Morgan fingerprint density at radius 2 is 0.950 bits per heavy atom. The predicted molar refractivity (Wildman–Crippen MR) is 177 cm³/mol. The molecule has 0 aromatic heterocycles. The van der Waals surface area contributed by atoms with E-state index in [1.807, 2.05) is 0 Å². The van der Waals surface area contributed by atoms with Crippen molar-refractivity contribution in [1.29, 1.82) is 0 Å². The molecule has 6 aromatic carbocycles. The Balaban J connectivity index is 0.00000123. The number of benzene rings is 4. The molecule has 0 atom stereocenters. The second-order valence-corrected chi connectivity index (χ2v) is 12.2. The molecule has 0 heterocycles. The van der Waals surface area contributed by atoms with Gasteiger partial charge in [0.15, 0.2) is 0 Å². The SMILES string of the molecule is Brc1ccc(-c2cccc3[cH-]c(C4(c5cc6c(-c7ccc(Br)cc7)cccc6[cH-]5)CCCC4)cc23)cc1.[CH3-].[CH3-].[Hf+4]. The standard InChI is InChI=1S/C35H26Br2.2CH3.Hf/c36-29-13-9-23(10-14-29)31-7-3-5-25-19-27(21-33(25)31)35(17-1-2-18-35)28-20-26-6-4-8-32(34(26)22-28)24-11-15-30(37)16-12-24;;;/h3-16,19-22H,1-2,17-18H2;2*1H3;/q-2;2*-1;+4. The van der Waals surface area contributed by atoms with Crippen LogP contribution in [0.1, 0.15) is 36.8 Å². The van der Waals surface area contributed by atoms with Crippen molar-refractivity contribution in [3.63, 3.8) is 0 Å².